The van der Waals surface area contributed by atoms with E-state index >= 15 is 0 Å². The van der Waals surface area contributed by atoms with Gasteiger partial charge in [0.2, 0.25) is 18.6 Å². The molecule has 218 valence electrons. The van der Waals surface area contributed by atoms with Gasteiger partial charge in [-0.25, -0.2) is 0 Å². The zero-order valence-corrected chi connectivity index (χ0v) is 24.2. The van der Waals surface area contributed by atoms with Crippen LogP contribution in [0, 0.1) is 29.1 Å². The lowest BCUT2D eigenvalue weighted by Crippen LogP contribution is -2.61. The van der Waals surface area contributed by atoms with Gasteiger partial charge in [-0.1, -0.05) is 33.8 Å². The van der Waals surface area contributed by atoms with E-state index in [2.05, 4.69) is 33.0 Å². The number of carbonyl (C=O) groups excluding carboxylic acids is 3. The number of amides is 2. The van der Waals surface area contributed by atoms with Crippen LogP contribution in [0.4, 0.5) is 0 Å². The van der Waals surface area contributed by atoms with E-state index in [0.29, 0.717) is 29.7 Å². The molecule has 1 N–H and O–H groups in total. The van der Waals surface area contributed by atoms with Crippen molar-refractivity contribution < 1.29 is 33.3 Å². The third-order valence-corrected chi connectivity index (χ3v) is 8.55. The molecule has 0 radical (unpaired) electrons. The highest BCUT2D eigenvalue weighted by Crippen LogP contribution is 2.56. The summed E-state index contributed by atoms with van der Waals surface area (Å²) >= 11 is 0. The summed E-state index contributed by atoms with van der Waals surface area (Å²) in [6.45, 7) is 9.29. The molecule has 1 aromatic rings. The number of likely N-dealkylation sites (tertiary alicyclic amines) is 1. The second-order valence-electron chi connectivity index (χ2n) is 12.4. The first-order valence-electron chi connectivity index (χ1n) is 14.6. The Hall–Kier alpha value is -3.07. The van der Waals surface area contributed by atoms with E-state index in [1.165, 1.54) is 7.11 Å². The monoisotopic (exact) mass is 554 g/mol. The molecule has 1 aromatic carbocycles. The minimum atomic E-state index is -1.17. The second kappa shape index (κ2) is 11.4. The van der Waals surface area contributed by atoms with Crippen LogP contribution in [0.25, 0.3) is 0 Å². The van der Waals surface area contributed by atoms with Crippen molar-refractivity contribution in [2.45, 2.75) is 78.6 Å². The summed E-state index contributed by atoms with van der Waals surface area (Å²) in [5.74, 6) is 0.636. The molecule has 1 saturated heterocycles. The van der Waals surface area contributed by atoms with Crippen molar-refractivity contribution in [3.05, 3.63) is 35.5 Å². The predicted octanol–water partition coefficient (Wildman–Crippen LogP) is 4.19. The van der Waals surface area contributed by atoms with Crippen molar-refractivity contribution in [2.24, 2.45) is 29.1 Å². The molecule has 2 amide bonds. The van der Waals surface area contributed by atoms with Crippen LogP contribution in [-0.2, 0) is 30.4 Å². The molecule has 3 aliphatic heterocycles. The van der Waals surface area contributed by atoms with Gasteiger partial charge in [0.05, 0.1) is 25.9 Å². The Morgan fingerprint density at radius 1 is 1.15 bits per heavy atom. The molecule has 3 heterocycles. The molecule has 9 nitrogen and oxygen atoms in total. The number of rotatable bonds is 10. The molecule has 4 atom stereocenters. The van der Waals surface area contributed by atoms with Crippen molar-refractivity contribution in [1.82, 2.24) is 10.2 Å². The maximum atomic E-state index is 14.2. The number of fused-ring (bicyclic) bond motifs is 2. The Morgan fingerprint density at radius 2 is 1.90 bits per heavy atom. The number of nitrogens with zero attached hydrogens (tertiary/aromatic N) is 1. The fourth-order valence-corrected chi connectivity index (χ4v) is 6.23. The van der Waals surface area contributed by atoms with Gasteiger partial charge in [-0.15, -0.1) is 0 Å². The fourth-order valence-electron chi connectivity index (χ4n) is 6.23. The summed E-state index contributed by atoms with van der Waals surface area (Å²) in [6.07, 6.45) is 4.23. The van der Waals surface area contributed by atoms with Crippen molar-refractivity contribution in [3.63, 3.8) is 0 Å². The molecular weight excluding hydrogens is 512 g/mol. The summed E-state index contributed by atoms with van der Waals surface area (Å²) in [6, 6.07) is 5.61. The number of benzene rings is 1. The number of piperidine rings is 1. The third kappa shape index (κ3) is 5.45. The number of hydrogen-bond acceptors (Lipinski definition) is 7. The van der Waals surface area contributed by atoms with E-state index in [1.54, 1.807) is 4.90 Å². The highest BCUT2D eigenvalue weighted by atomic mass is 16.7. The molecule has 1 saturated carbocycles. The van der Waals surface area contributed by atoms with Crippen LogP contribution in [-0.4, -0.2) is 55.3 Å². The lowest BCUT2D eigenvalue weighted by atomic mass is 9.64. The highest BCUT2D eigenvalue weighted by molar-refractivity contribution is 5.92. The highest BCUT2D eigenvalue weighted by Gasteiger charge is 2.63. The molecule has 0 aromatic heterocycles. The Morgan fingerprint density at radius 3 is 2.58 bits per heavy atom. The van der Waals surface area contributed by atoms with Crippen LogP contribution >= 0.6 is 0 Å². The standard InChI is InChI=1S/C31H42N2O7/c1-18(2)10-11-32-27(34)13-22-15-31(30(36)37-5)26(14-24(19(3)4)40-28(31)21-7-8-21)33(29(22)35)16-20-6-9-23-25(12-20)39-17-38-23/h6,9,12,14,18-19,21-22,24,28H,7-8,10-11,13,15-17H2,1-5H3,(H,32,34)/t22-,24+,28+,31+/m0/s1. The number of carbonyl (C=O) groups is 3. The van der Waals surface area contributed by atoms with E-state index in [0.717, 1.165) is 24.8 Å². The predicted molar refractivity (Wildman–Crippen MR) is 147 cm³/mol. The van der Waals surface area contributed by atoms with Gasteiger partial charge in [-0.05, 0) is 67.2 Å². The van der Waals surface area contributed by atoms with Gasteiger partial charge in [0.15, 0.2) is 11.5 Å². The van der Waals surface area contributed by atoms with E-state index in [-0.39, 0.29) is 55.9 Å². The molecule has 0 bridgehead atoms. The largest absolute Gasteiger partial charge is 0.468 e. The Labute approximate surface area is 236 Å². The van der Waals surface area contributed by atoms with Crippen LogP contribution in [0.3, 0.4) is 0 Å². The Kier molecular flexibility index (Phi) is 8.13. The van der Waals surface area contributed by atoms with Crippen LogP contribution in [0.15, 0.2) is 30.0 Å². The van der Waals surface area contributed by atoms with E-state index in [9.17, 15) is 14.4 Å². The molecule has 4 aliphatic rings. The van der Waals surface area contributed by atoms with Crippen LogP contribution in [0.1, 0.15) is 65.4 Å². The summed E-state index contributed by atoms with van der Waals surface area (Å²) in [4.78, 5) is 42.8. The molecule has 5 rings (SSSR count). The molecule has 0 unspecified atom stereocenters. The Balaban J connectivity index is 1.54. The first-order chi connectivity index (χ1) is 19.1. The molecule has 0 spiro atoms. The van der Waals surface area contributed by atoms with Gasteiger partial charge in [0, 0.05) is 24.6 Å². The van der Waals surface area contributed by atoms with E-state index in [4.69, 9.17) is 18.9 Å². The maximum Gasteiger partial charge on any atom is 0.320 e. The lowest BCUT2D eigenvalue weighted by molar-refractivity contribution is -0.182. The van der Waals surface area contributed by atoms with Gasteiger partial charge in [-0.2, -0.15) is 0 Å². The van der Waals surface area contributed by atoms with Crippen LogP contribution in [0.5, 0.6) is 11.5 Å². The normalized spacial score (nSPS) is 27.5. The smallest absolute Gasteiger partial charge is 0.320 e. The maximum absolute atomic E-state index is 14.2. The van der Waals surface area contributed by atoms with E-state index in [1.807, 2.05) is 24.3 Å². The molecule has 9 heteroatoms. The summed E-state index contributed by atoms with van der Waals surface area (Å²) < 4.78 is 23.2. The number of nitrogens with one attached hydrogen (secondary N) is 1. The molecule has 40 heavy (non-hydrogen) atoms. The summed E-state index contributed by atoms with van der Waals surface area (Å²) in [5.41, 5.74) is 0.309. The van der Waals surface area contributed by atoms with Gasteiger partial charge in [0.1, 0.15) is 5.41 Å². The van der Waals surface area contributed by atoms with Gasteiger partial charge in [-0.3, -0.25) is 14.4 Å². The van der Waals surface area contributed by atoms with Crippen molar-refractivity contribution in [1.29, 1.82) is 0 Å². The average molecular weight is 555 g/mol. The Bertz CT molecular complexity index is 1170. The third-order valence-electron chi connectivity index (χ3n) is 8.55. The second-order valence-corrected chi connectivity index (χ2v) is 12.4. The zero-order valence-electron chi connectivity index (χ0n) is 24.2. The lowest BCUT2D eigenvalue weighted by Gasteiger charge is -2.53. The first-order valence-corrected chi connectivity index (χ1v) is 14.6. The minimum absolute atomic E-state index is 0.00554. The van der Waals surface area contributed by atoms with Crippen molar-refractivity contribution >= 4 is 17.8 Å². The SMILES string of the molecule is COC(=O)[C@]12C[C@H](CC(=O)NCCC(C)C)C(=O)N(Cc3ccc4c(c3)OCO4)C1=C[C@H](C(C)C)O[C@@H]2C1CC1. The minimum Gasteiger partial charge on any atom is -0.468 e. The van der Waals surface area contributed by atoms with Crippen molar-refractivity contribution in [2.75, 3.05) is 20.4 Å². The van der Waals surface area contributed by atoms with Crippen LogP contribution in [0.2, 0.25) is 0 Å². The average Bonchev–Trinajstić information content (AvgIpc) is 3.66. The summed E-state index contributed by atoms with van der Waals surface area (Å²) in [7, 11) is 1.39. The number of methoxy groups -OCH3 is 1. The fraction of sp³-hybridized carbons (Fsp3) is 0.645. The quantitative estimate of drug-likeness (QED) is 0.433. The van der Waals surface area contributed by atoms with Gasteiger partial charge < -0.3 is 29.2 Å². The zero-order chi connectivity index (χ0) is 28.6. The number of ether oxygens (including phenoxy) is 4. The topological polar surface area (TPSA) is 103 Å². The number of hydrogen-bond donors (Lipinski definition) is 1. The summed E-state index contributed by atoms with van der Waals surface area (Å²) in [5, 5.41) is 2.97. The molecule has 2 fully saturated rings. The number of esters is 1. The van der Waals surface area contributed by atoms with E-state index < -0.39 is 23.4 Å². The molecular formula is C31H42N2O7. The molecule has 1 aliphatic carbocycles. The van der Waals surface area contributed by atoms with Crippen LogP contribution < -0.4 is 14.8 Å². The van der Waals surface area contributed by atoms with Gasteiger partial charge in [0.25, 0.3) is 0 Å². The van der Waals surface area contributed by atoms with Gasteiger partial charge >= 0.3 is 5.97 Å². The van der Waals surface area contributed by atoms with Crippen molar-refractivity contribution in [3.8, 4) is 11.5 Å². The first kappa shape index (κ1) is 28.5.